The Hall–Kier alpha value is -1.43. The van der Waals surface area contributed by atoms with Crippen LogP contribution in [0.4, 0.5) is 0 Å². The molecular weight excluding hydrogens is 262 g/mol. The first-order valence-electron chi connectivity index (χ1n) is 6.35. The highest BCUT2D eigenvalue weighted by molar-refractivity contribution is 7.09. The normalized spacial score (nSPS) is 20.9. The van der Waals surface area contributed by atoms with E-state index in [1.807, 2.05) is 33.1 Å². The summed E-state index contributed by atoms with van der Waals surface area (Å²) in [4.78, 5) is 30.4. The minimum absolute atomic E-state index is 0.0569. The van der Waals surface area contributed by atoms with E-state index in [9.17, 15) is 9.59 Å². The number of thiazole rings is 1. The molecule has 5 nitrogen and oxygen atoms in total. The van der Waals surface area contributed by atoms with Gasteiger partial charge >= 0.3 is 0 Å². The highest BCUT2D eigenvalue weighted by atomic mass is 32.1. The Balaban J connectivity index is 2.43. The Bertz CT molecular complexity index is 482. The quantitative estimate of drug-likeness (QED) is 0.910. The molecule has 1 fully saturated rings. The Morgan fingerprint density at radius 3 is 2.68 bits per heavy atom. The van der Waals surface area contributed by atoms with Crippen molar-refractivity contribution in [1.29, 1.82) is 0 Å². The molecule has 0 radical (unpaired) electrons. The number of carbonyl (C=O) groups is 2. The second-order valence-electron chi connectivity index (χ2n) is 5.57. The largest absolute Gasteiger partial charge is 0.345 e. The monoisotopic (exact) mass is 281 g/mol. The molecule has 2 rings (SSSR count). The smallest absolute Gasteiger partial charge is 0.243 e. The molecule has 2 heterocycles. The van der Waals surface area contributed by atoms with Crippen LogP contribution in [0.5, 0.6) is 0 Å². The zero-order valence-electron chi connectivity index (χ0n) is 11.6. The second-order valence-corrected chi connectivity index (χ2v) is 6.46. The molecular formula is C13H19N3O2S. The lowest BCUT2D eigenvalue weighted by Crippen LogP contribution is -2.65. The van der Waals surface area contributed by atoms with Crippen LogP contribution < -0.4 is 5.32 Å². The Kier molecular flexibility index (Phi) is 3.62. The maximum Gasteiger partial charge on any atom is 0.243 e. The minimum atomic E-state index is -0.571. The molecule has 1 N–H and O–H groups in total. The standard InChI is InChI=1S/C13H19N3O2S/c1-8(2)10-11(18)15-7-9(17)16(10)13(3,4)12-14-5-6-19-12/h5-6,8,10H,7H2,1-4H3,(H,15,18). The van der Waals surface area contributed by atoms with E-state index in [-0.39, 0.29) is 24.3 Å². The van der Waals surface area contributed by atoms with Crippen LogP contribution in [0.25, 0.3) is 0 Å². The summed E-state index contributed by atoms with van der Waals surface area (Å²) in [6.07, 6.45) is 1.72. The van der Waals surface area contributed by atoms with Crippen molar-refractivity contribution < 1.29 is 9.59 Å². The Labute approximate surface area is 117 Å². The van der Waals surface area contributed by atoms with E-state index in [4.69, 9.17) is 0 Å². The van der Waals surface area contributed by atoms with E-state index < -0.39 is 11.6 Å². The second kappa shape index (κ2) is 4.92. The van der Waals surface area contributed by atoms with Gasteiger partial charge in [0.05, 0.1) is 12.1 Å². The van der Waals surface area contributed by atoms with Gasteiger partial charge in [-0.3, -0.25) is 9.59 Å². The SMILES string of the molecule is CC(C)C1C(=O)NCC(=O)N1C(C)(C)c1nccs1. The first-order chi connectivity index (χ1) is 8.85. The molecule has 0 bridgehead atoms. The number of nitrogens with one attached hydrogen (secondary N) is 1. The number of hydrogen-bond acceptors (Lipinski definition) is 4. The van der Waals surface area contributed by atoms with Crippen molar-refractivity contribution in [2.45, 2.75) is 39.3 Å². The van der Waals surface area contributed by atoms with Gasteiger partial charge in [-0.2, -0.15) is 0 Å². The molecule has 6 heteroatoms. The van der Waals surface area contributed by atoms with Crippen LogP contribution in [0.2, 0.25) is 0 Å². The Morgan fingerprint density at radius 2 is 2.16 bits per heavy atom. The number of aromatic nitrogens is 1. The lowest BCUT2D eigenvalue weighted by atomic mass is 9.92. The summed E-state index contributed by atoms with van der Waals surface area (Å²) in [6.45, 7) is 7.85. The summed E-state index contributed by atoms with van der Waals surface area (Å²) in [7, 11) is 0. The number of hydrogen-bond donors (Lipinski definition) is 1. The average Bonchev–Trinajstić information content (AvgIpc) is 2.85. The predicted octanol–water partition coefficient (Wildman–Crippen LogP) is 1.36. The lowest BCUT2D eigenvalue weighted by Gasteiger charge is -2.46. The maximum absolute atomic E-state index is 12.3. The average molecular weight is 281 g/mol. The van der Waals surface area contributed by atoms with Crippen molar-refractivity contribution >= 4 is 23.2 Å². The molecule has 0 spiro atoms. The van der Waals surface area contributed by atoms with Crippen molar-refractivity contribution in [1.82, 2.24) is 15.2 Å². The minimum Gasteiger partial charge on any atom is -0.345 e. The number of amides is 2. The fraction of sp³-hybridized carbons (Fsp3) is 0.615. The third-order valence-electron chi connectivity index (χ3n) is 3.42. The van der Waals surface area contributed by atoms with Crippen molar-refractivity contribution in [3.05, 3.63) is 16.6 Å². The van der Waals surface area contributed by atoms with Gasteiger partial charge < -0.3 is 10.2 Å². The van der Waals surface area contributed by atoms with Gasteiger partial charge in [-0.15, -0.1) is 11.3 Å². The molecule has 1 aromatic heterocycles. The summed E-state index contributed by atoms with van der Waals surface area (Å²) < 4.78 is 0. The number of carbonyl (C=O) groups excluding carboxylic acids is 2. The van der Waals surface area contributed by atoms with Gasteiger partial charge in [-0.05, 0) is 19.8 Å². The summed E-state index contributed by atoms with van der Waals surface area (Å²) in [6, 6.07) is -0.444. The third kappa shape index (κ3) is 2.36. The van der Waals surface area contributed by atoms with E-state index in [0.29, 0.717) is 0 Å². The highest BCUT2D eigenvalue weighted by Crippen LogP contribution is 2.34. The van der Waals surface area contributed by atoms with Gasteiger partial charge in [0.25, 0.3) is 0 Å². The number of rotatable bonds is 3. The third-order valence-corrected chi connectivity index (χ3v) is 4.50. The van der Waals surface area contributed by atoms with Crippen LogP contribution in [-0.2, 0) is 15.1 Å². The molecule has 1 aromatic rings. The zero-order valence-corrected chi connectivity index (χ0v) is 12.5. The molecule has 0 aromatic carbocycles. The van der Waals surface area contributed by atoms with Gasteiger partial charge in [0, 0.05) is 11.6 Å². The fourth-order valence-corrected chi connectivity index (χ4v) is 3.27. The van der Waals surface area contributed by atoms with Crippen LogP contribution in [0.15, 0.2) is 11.6 Å². The molecule has 1 atom stereocenters. The van der Waals surface area contributed by atoms with Gasteiger partial charge in [0.2, 0.25) is 11.8 Å². The molecule has 19 heavy (non-hydrogen) atoms. The fourth-order valence-electron chi connectivity index (χ4n) is 2.51. The van der Waals surface area contributed by atoms with Crippen LogP contribution >= 0.6 is 11.3 Å². The van der Waals surface area contributed by atoms with E-state index in [2.05, 4.69) is 10.3 Å². The van der Waals surface area contributed by atoms with E-state index in [0.717, 1.165) is 5.01 Å². The first-order valence-corrected chi connectivity index (χ1v) is 7.23. The van der Waals surface area contributed by atoms with Gasteiger partial charge in [-0.25, -0.2) is 4.98 Å². The summed E-state index contributed by atoms with van der Waals surface area (Å²) in [5.74, 6) is -0.0822. The summed E-state index contributed by atoms with van der Waals surface area (Å²) >= 11 is 1.50. The van der Waals surface area contributed by atoms with Crippen molar-refractivity contribution in [3.8, 4) is 0 Å². The van der Waals surface area contributed by atoms with E-state index in [1.165, 1.54) is 11.3 Å². The van der Waals surface area contributed by atoms with Crippen LogP contribution in [0.1, 0.15) is 32.7 Å². The highest BCUT2D eigenvalue weighted by Gasteiger charge is 2.45. The van der Waals surface area contributed by atoms with Crippen LogP contribution in [0.3, 0.4) is 0 Å². The molecule has 1 aliphatic heterocycles. The topological polar surface area (TPSA) is 62.3 Å². The molecule has 1 aliphatic rings. The van der Waals surface area contributed by atoms with Crippen LogP contribution in [0, 0.1) is 5.92 Å². The van der Waals surface area contributed by atoms with Gasteiger partial charge in [-0.1, -0.05) is 13.8 Å². The summed E-state index contributed by atoms with van der Waals surface area (Å²) in [5.41, 5.74) is -0.571. The number of piperazine rings is 1. The Morgan fingerprint density at radius 1 is 1.47 bits per heavy atom. The maximum atomic E-state index is 12.3. The van der Waals surface area contributed by atoms with Gasteiger partial charge in [0.15, 0.2) is 0 Å². The predicted molar refractivity (Wildman–Crippen MR) is 73.6 cm³/mol. The molecule has 104 valence electrons. The zero-order chi connectivity index (χ0) is 14.2. The van der Waals surface area contributed by atoms with Crippen molar-refractivity contribution in [3.63, 3.8) is 0 Å². The molecule has 1 unspecified atom stereocenters. The van der Waals surface area contributed by atoms with E-state index in [1.54, 1.807) is 11.1 Å². The van der Waals surface area contributed by atoms with Gasteiger partial charge in [0.1, 0.15) is 11.0 Å². The summed E-state index contributed by atoms with van der Waals surface area (Å²) in [5, 5.41) is 5.40. The number of nitrogens with zero attached hydrogens (tertiary/aromatic N) is 2. The molecule has 1 saturated heterocycles. The van der Waals surface area contributed by atoms with Crippen molar-refractivity contribution in [2.24, 2.45) is 5.92 Å². The first kappa shape index (κ1) is 14.0. The molecule has 0 aliphatic carbocycles. The molecule has 2 amide bonds. The lowest BCUT2D eigenvalue weighted by molar-refractivity contribution is -0.154. The van der Waals surface area contributed by atoms with Crippen molar-refractivity contribution in [2.75, 3.05) is 6.54 Å². The molecule has 0 saturated carbocycles. The van der Waals surface area contributed by atoms with E-state index >= 15 is 0 Å². The van der Waals surface area contributed by atoms with Crippen LogP contribution in [-0.4, -0.2) is 34.3 Å².